The first-order chi connectivity index (χ1) is 4.84. The maximum absolute atomic E-state index is 5.66. The Bertz CT molecular complexity index is 170. The molecule has 0 aliphatic heterocycles. The zero-order chi connectivity index (χ0) is 7.40. The Morgan fingerprint density at radius 3 is 3.00 bits per heavy atom. The molecule has 0 unspecified atom stereocenters. The lowest BCUT2D eigenvalue weighted by Gasteiger charge is -2.01. The maximum Gasteiger partial charge on any atom is 0.191 e. The van der Waals surface area contributed by atoms with E-state index in [4.69, 9.17) is 5.73 Å². The SMILES string of the molecule is CCC[C@@H](N)c1nn[nH]n1. The molecule has 0 amide bonds. The van der Waals surface area contributed by atoms with Crippen molar-refractivity contribution in [3.63, 3.8) is 0 Å². The summed E-state index contributed by atoms with van der Waals surface area (Å²) in [4.78, 5) is 0. The Morgan fingerprint density at radius 1 is 1.70 bits per heavy atom. The van der Waals surface area contributed by atoms with Gasteiger partial charge in [-0.15, -0.1) is 10.2 Å². The minimum atomic E-state index is -0.0660. The van der Waals surface area contributed by atoms with E-state index >= 15 is 0 Å². The zero-order valence-electron chi connectivity index (χ0n) is 5.91. The summed E-state index contributed by atoms with van der Waals surface area (Å²) in [6.45, 7) is 2.07. The molecule has 0 aliphatic rings. The molecule has 1 atom stereocenters. The summed E-state index contributed by atoms with van der Waals surface area (Å²) < 4.78 is 0. The Hall–Kier alpha value is -0.970. The molecule has 5 heteroatoms. The van der Waals surface area contributed by atoms with Crippen molar-refractivity contribution in [2.24, 2.45) is 5.73 Å². The van der Waals surface area contributed by atoms with Crippen LogP contribution in [0.25, 0.3) is 0 Å². The number of aromatic amines is 1. The zero-order valence-corrected chi connectivity index (χ0v) is 5.91. The molecule has 1 aromatic rings. The number of nitrogens with two attached hydrogens (primary N) is 1. The Morgan fingerprint density at radius 2 is 2.50 bits per heavy atom. The van der Waals surface area contributed by atoms with Gasteiger partial charge in [-0.3, -0.25) is 0 Å². The highest BCUT2D eigenvalue weighted by Gasteiger charge is 2.07. The molecule has 1 rings (SSSR count). The van der Waals surface area contributed by atoms with Crippen molar-refractivity contribution in [2.75, 3.05) is 0 Å². The van der Waals surface area contributed by atoms with E-state index in [0.29, 0.717) is 5.82 Å². The van der Waals surface area contributed by atoms with Gasteiger partial charge in [-0.05, 0) is 6.42 Å². The number of nitrogens with one attached hydrogen (secondary N) is 1. The molecule has 0 radical (unpaired) electrons. The van der Waals surface area contributed by atoms with Crippen LogP contribution >= 0.6 is 0 Å². The molecule has 0 aromatic carbocycles. The lowest BCUT2D eigenvalue weighted by molar-refractivity contribution is 0.603. The van der Waals surface area contributed by atoms with Crippen LogP contribution in [0.1, 0.15) is 31.6 Å². The van der Waals surface area contributed by atoms with Gasteiger partial charge in [-0.1, -0.05) is 18.6 Å². The molecule has 56 valence electrons. The number of rotatable bonds is 3. The van der Waals surface area contributed by atoms with Crippen molar-refractivity contribution in [1.82, 2.24) is 20.6 Å². The van der Waals surface area contributed by atoms with Gasteiger partial charge < -0.3 is 5.73 Å². The first-order valence-electron chi connectivity index (χ1n) is 3.33. The molecular weight excluding hydrogens is 130 g/mol. The fraction of sp³-hybridized carbons (Fsp3) is 0.800. The first-order valence-corrected chi connectivity index (χ1v) is 3.33. The van der Waals surface area contributed by atoms with E-state index in [1.54, 1.807) is 0 Å². The summed E-state index contributed by atoms with van der Waals surface area (Å²) in [7, 11) is 0. The lowest BCUT2D eigenvalue weighted by Crippen LogP contribution is -2.11. The third-order valence-corrected chi connectivity index (χ3v) is 1.29. The highest BCUT2D eigenvalue weighted by molar-refractivity contribution is 4.85. The minimum Gasteiger partial charge on any atom is -0.321 e. The minimum absolute atomic E-state index is 0.0660. The van der Waals surface area contributed by atoms with Gasteiger partial charge in [0.15, 0.2) is 5.82 Å². The van der Waals surface area contributed by atoms with Crippen molar-refractivity contribution >= 4 is 0 Å². The highest BCUT2D eigenvalue weighted by Crippen LogP contribution is 2.07. The van der Waals surface area contributed by atoms with E-state index in [0.717, 1.165) is 12.8 Å². The number of nitrogens with zero attached hydrogens (tertiary/aromatic N) is 3. The van der Waals surface area contributed by atoms with Gasteiger partial charge in [-0.2, -0.15) is 5.21 Å². The fourth-order valence-electron chi connectivity index (χ4n) is 0.767. The van der Waals surface area contributed by atoms with Crippen LogP contribution in [0.15, 0.2) is 0 Å². The topological polar surface area (TPSA) is 80.5 Å². The molecule has 0 fully saturated rings. The van der Waals surface area contributed by atoms with Crippen LogP contribution in [0.2, 0.25) is 0 Å². The molecule has 0 spiro atoms. The smallest absolute Gasteiger partial charge is 0.191 e. The van der Waals surface area contributed by atoms with E-state index in [9.17, 15) is 0 Å². The summed E-state index contributed by atoms with van der Waals surface area (Å²) in [5.74, 6) is 0.599. The number of hydrogen-bond donors (Lipinski definition) is 2. The van der Waals surface area contributed by atoms with Crippen molar-refractivity contribution in [2.45, 2.75) is 25.8 Å². The van der Waals surface area contributed by atoms with Gasteiger partial charge in [0.2, 0.25) is 0 Å². The highest BCUT2D eigenvalue weighted by atomic mass is 15.5. The van der Waals surface area contributed by atoms with Gasteiger partial charge in [0.05, 0.1) is 6.04 Å². The monoisotopic (exact) mass is 141 g/mol. The third-order valence-electron chi connectivity index (χ3n) is 1.29. The number of H-pyrrole nitrogens is 1. The second-order valence-corrected chi connectivity index (χ2v) is 2.17. The van der Waals surface area contributed by atoms with Crippen LogP contribution in [0, 0.1) is 0 Å². The molecule has 1 heterocycles. The molecule has 10 heavy (non-hydrogen) atoms. The number of tetrazole rings is 1. The average Bonchev–Trinajstić information content (AvgIpc) is 2.38. The predicted octanol–water partition coefficient (Wildman–Crippen LogP) is -0.000400. The summed E-state index contributed by atoms with van der Waals surface area (Å²) in [5, 5.41) is 13.3. The van der Waals surface area contributed by atoms with E-state index in [1.807, 2.05) is 0 Å². The molecular formula is C5H11N5. The van der Waals surface area contributed by atoms with E-state index in [1.165, 1.54) is 0 Å². The Kier molecular flexibility index (Phi) is 2.33. The fourth-order valence-corrected chi connectivity index (χ4v) is 0.767. The largest absolute Gasteiger partial charge is 0.321 e. The van der Waals surface area contributed by atoms with Gasteiger partial charge in [0.25, 0.3) is 0 Å². The maximum atomic E-state index is 5.66. The van der Waals surface area contributed by atoms with Gasteiger partial charge in [-0.25, -0.2) is 0 Å². The second kappa shape index (κ2) is 3.26. The molecule has 5 nitrogen and oxygen atoms in total. The third kappa shape index (κ3) is 1.51. The Labute approximate surface area is 59.0 Å². The summed E-state index contributed by atoms with van der Waals surface area (Å²) >= 11 is 0. The molecule has 0 aliphatic carbocycles. The summed E-state index contributed by atoms with van der Waals surface area (Å²) in [6, 6.07) is -0.0660. The summed E-state index contributed by atoms with van der Waals surface area (Å²) in [6.07, 6.45) is 1.94. The van der Waals surface area contributed by atoms with E-state index in [2.05, 4.69) is 27.5 Å². The Balaban J connectivity index is 2.50. The first kappa shape index (κ1) is 7.14. The van der Waals surface area contributed by atoms with Gasteiger partial charge in [0.1, 0.15) is 0 Å². The molecule has 0 saturated heterocycles. The standard InChI is InChI=1S/C5H11N5/c1-2-3-4(6)5-7-9-10-8-5/h4H,2-3,6H2,1H3,(H,7,8,9,10)/t4-/m1/s1. The van der Waals surface area contributed by atoms with Crippen LogP contribution in [-0.2, 0) is 0 Å². The summed E-state index contributed by atoms with van der Waals surface area (Å²) in [5.41, 5.74) is 5.66. The number of hydrogen-bond acceptors (Lipinski definition) is 4. The normalized spacial score (nSPS) is 13.4. The van der Waals surface area contributed by atoms with Crippen molar-refractivity contribution in [3.05, 3.63) is 5.82 Å². The van der Waals surface area contributed by atoms with E-state index < -0.39 is 0 Å². The van der Waals surface area contributed by atoms with Crippen LogP contribution in [0.3, 0.4) is 0 Å². The number of aromatic nitrogens is 4. The van der Waals surface area contributed by atoms with Gasteiger partial charge >= 0.3 is 0 Å². The van der Waals surface area contributed by atoms with Crippen LogP contribution in [0.5, 0.6) is 0 Å². The quantitative estimate of drug-likeness (QED) is 0.620. The predicted molar refractivity (Wildman–Crippen MR) is 36.0 cm³/mol. The lowest BCUT2D eigenvalue weighted by atomic mass is 10.2. The van der Waals surface area contributed by atoms with Crippen molar-refractivity contribution in [3.8, 4) is 0 Å². The second-order valence-electron chi connectivity index (χ2n) is 2.17. The molecule has 1 aromatic heterocycles. The van der Waals surface area contributed by atoms with Crippen LogP contribution in [0.4, 0.5) is 0 Å². The van der Waals surface area contributed by atoms with Crippen molar-refractivity contribution < 1.29 is 0 Å². The van der Waals surface area contributed by atoms with Crippen LogP contribution < -0.4 is 5.73 Å². The van der Waals surface area contributed by atoms with Crippen molar-refractivity contribution in [1.29, 1.82) is 0 Å². The molecule has 3 N–H and O–H groups in total. The van der Waals surface area contributed by atoms with Gasteiger partial charge in [0, 0.05) is 0 Å². The average molecular weight is 141 g/mol. The molecule has 0 bridgehead atoms. The van der Waals surface area contributed by atoms with Crippen LogP contribution in [-0.4, -0.2) is 20.6 Å². The van der Waals surface area contributed by atoms with E-state index in [-0.39, 0.29) is 6.04 Å². The molecule has 0 saturated carbocycles.